The van der Waals surface area contributed by atoms with Crippen molar-refractivity contribution < 1.29 is 19.1 Å². The van der Waals surface area contributed by atoms with E-state index in [4.69, 9.17) is 4.74 Å². The molecule has 1 saturated heterocycles. The number of amides is 3. The van der Waals surface area contributed by atoms with Crippen LogP contribution >= 0.6 is 0 Å². The van der Waals surface area contributed by atoms with Crippen molar-refractivity contribution in [3.63, 3.8) is 0 Å². The molecule has 0 radical (unpaired) electrons. The molecule has 1 unspecified atom stereocenters. The number of methoxy groups -OCH3 is 1. The Hall–Kier alpha value is -3.35. The summed E-state index contributed by atoms with van der Waals surface area (Å²) in [5, 5.41) is 2.85. The van der Waals surface area contributed by atoms with Crippen molar-refractivity contribution in [1.29, 1.82) is 0 Å². The average molecular weight is 409 g/mol. The molecular weight excluding hydrogens is 382 g/mol. The Balaban J connectivity index is 1.63. The summed E-state index contributed by atoms with van der Waals surface area (Å²) in [5.41, 5.74) is 1.90. The highest BCUT2D eigenvalue weighted by Gasteiger charge is 2.35. The maximum absolute atomic E-state index is 12.7. The average Bonchev–Trinajstić information content (AvgIpc) is 3.17. The molecule has 1 fully saturated rings. The number of rotatable bonds is 7. The van der Waals surface area contributed by atoms with Crippen molar-refractivity contribution >= 4 is 29.1 Å². The highest BCUT2D eigenvalue weighted by molar-refractivity contribution is 6.03. The van der Waals surface area contributed by atoms with E-state index in [0.29, 0.717) is 42.3 Å². The minimum atomic E-state index is -0.444. The highest BCUT2D eigenvalue weighted by Crippen LogP contribution is 2.28. The van der Waals surface area contributed by atoms with Gasteiger partial charge < -0.3 is 19.9 Å². The van der Waals surface area contributed by atoms with Gasteiger partial charge in [0.1, 0.15) is 5.75 Å². The first-order valence-electron chi connectivity index (χ1n) is 10.1. The number of hydrogen-bond donors (Lipinski definition) is 1. The molecule has 0 bridgehead atoms. The lowest BCUT2D eigenvalue weighted by molar-refractivity contribution is -0.122. The van der Waals surface area contributed by atoms with E-state index in [2.05, 4.69) is 5.32 Å². The Morgan fingerprint density at radius 2 is 1.83 bits per heavy atom. The summed E-state index contributed by atoms with van der Waals surface area (Å²) in [5.74, 6) is -0.124. The summed E-state index contributed by atoms with van der Waals surface area (Å²) < 4.78 is 5.21. The Kier molecular flexibility index (Phi) is 6.72. The van der Waals surface area contributed by atoms with Crippen LogP contribution in [0, 0.1) is 5.92 Å². The molecule has 2 aromatic carbocycles. The maximum Gasteiger partial charge on any atom is 0.253 e. The van der Waals surface area contributed by atoms with E-state index < -0.39 is 5.92 Å². The van der Waals surface area contributed by atoms with Crippen LogP contribution in [-0.4, -0.2) is 49.4 Å². The van der Waals surface area contributed by atoms with E-state index in [1.54, 1.807) is 47.2 Å². The number of carbonyl (C=O) groups is 3. The van der Waals surface area contributed by atoms with Crippen molar-refractivity contribution in [2.75, 3.05) is 37.0 Å². The second-order valence-electron chi connectivity index (χ2n) is 7.15. The van der Waals surface area contributed by atoms with Crippen molar-refractivity contribution in [3.8, 4) is 5.75 Å². The fourth-order valence-electron chi connectivity index (χ4n) is 3.54. The lowest BCUT2D eigenvalue weighted by Gasteiger charge is -2.19. The molecule has 7 heteroatoms. The smallest absolute Gasteiger partial charge is 0.253 e. The third-order valence-corrected chi connectivity index (χ3v) is 5.31. The molecule has 1 aliphatic heterocycles. The van der Waals surface area contributed by atoms with E-state index in [9.17, 15) is 14.4 Å². The van der Waals surface area contributed by atoms with Gasteiger partial charge in [0.15, 0.2) is 0 Å². The number of benzene rings is 2. The lowest BCUT2D eigenvalue weighted by Crippen LogP contribution is -2.30. The van der Waals surface area contributed by atoms with Crippen LogP contribution in [0.15, 0.2) is 48.5 Å². The summed E-state index contributed by atoms with van der Waals surface area (Å²) in [6, 6.07) is 14.1. The first-order chi connectivity index (χ1) is 14.5. The van der Waals surface area contributed by atoms with E-state index in [0.717, 1.165) is 0 Å². The summed E-state index contributed by atoms with van der Waals surface area (Å²) in [4.78, 5) is 40.9. The second-order valence-corrected chi connectivity index (χ2v) is 7.15. The summed E-state index contributed by atoms with van der Waals surface area (Å²) in [6.45, 7) is 5.48. The zero-order valence-corrected chi connectivity index (χ0v) is 17.6. The number of hydrogen-bond acceptors (Lipinski definition) is 4. The fourth-order valence-corrected chi connectivity index (χ4v) is 3.54. The number of nitrogens with one attached hydrogen (secondary N) is 1. The summed E-state index contributed by atoms with van der Waals surface area (Å²) >= 11 is 0. The van der Waals surface area contributed by atoms with Crippen LogP contribution in [0.1, 0.15) is 30.6 Å². The molecule has 158 valence electrons. The van der Waals surface area contributed by atoms with Gasteiger partial charge in [0.05, 0.1) is 13.0 Å². The quantitative estimate of drug-likeness (QED) is 0.762. The van der Waals surface area contributed by atoms with E-state index in [1.165, 1.54) is 0 Å². The Morgan fingerprint density at radius 1 is 1.13 bits per heavy atom. The van der Waals surface area contributed by atoms with Crippen LogP contribution in [0.4, 0.5) is 11.4 Å². The van der Waals surface area contributed by atoms with Crippen LogP contribution in [0.5, 0.6) is 5.75 Å². The molecule has 0 aromatic heterocycles. The zero-order valence-electron chi connectivity index (χ0n) is 17.6. The van der Waals surface area contributed by atoms with Gasteiger partial charge in [-0.3, -0.25) is 14.4 Å². The van der Waals surface area contributed by atoms with E-state index in [-0.39, 0.29) is 24.1 Å². The minimum absolute atomic E-state index is 0.0341. The molecule has 7 nitrogen and oxygen atoms in total. The third kappa shape index (κ3) is 4.62. The van der Waals surface area contributed by atoms with Gasteiger partial charge in [-0.1, -0.05) is 6.07 Å². The molecule has 3 rings (SSSR count). The predicted octanol–water partition coefficient (Wildman–Crippen LogP) is 3.17. The molecule has 30 heavy (non-hydrogen) atoms. The first-order valence-corrected chi connectivity index (χ1v) is 10.1. The molecule has 2 aromatic rings. The molecule has 3 amide bonds. The molecule has 0 saturated carbocycles. The largest absolute Gasteiger partial charge is 0.497 e. The molecule has 1 atom stereocenters. The van der Waals surface area contributed by atoms with Crippen LogP contribution < -0.4 is 15.0 Å². The number of nitrogens with zero attached hydrogens (tertiary/aromatic N) is 2. The van der Waals surface area contributed by atoms with Crippen molar-refractivity contribution in [2.24, 2.45) is 5.92 Å². The number of carbonyl (C=O) groups excluding carboxylic acids is 3. The molecule has 1 N–H and O–H groups in total. The first kappa shape index (κ1) is 21.4. The second kappa shape index (κ2) is 9.43. The number of ether oxygens (including phenoxy) is 1. The van der Waals surface area contributed by atoms with Crippen molar-refractivity contribution in [2.45, 2.75) is 20.3 Å². The van der Waals surface area contributed by atoms with Crippen LogP contribution in [0.25, 0.3) is 0 Å². The topological polar surface area (TPSA) is 79.0 Å². The molecule has 0 aliphatic carbocycles. The van der Waals surface area contributed by atoms with Crippen molar-refractivity contribution in [3.05, 3.63) is 54.1 Å². The monoisotopic (exact) mass is 409 g/mol. The molecular formula is C23H27N3O4. The van der Waals surface area contributed by atoms with Gasteiger partial charge in [-0.15, -0.1) is 0 Å². The lowest BCUT2D eigenvalue weighted by atomic mass is 10.1. The van der Waals surface area contributed by atoms with Gasteiger partial charge in [-0.25, -0.2) is 0 Å². The van der Waals surface area contributed by atoms with Gasteiger partial charge in [0.25, 0.3) is 5.91 Å². The summed E-state index contributed by atoms with van der Waals surface area (Å²) in [7, 11) is 1.57. The van der Waals surface area contributed by atoms with Crippen LogP contribution in [0.2, 0.25) is 0 Å². The van der Waals surface area contributed by atoms with Gasteiger partial charge in [-0.2, -0.15) is 0 Å². The maximum atomic E-state index is 12.7. The SMILES string of the molecule is CCN(CC)C(=O)c1ccc(NC(=O)C2CC(=O)N(c3cccc(OC)c3)C2)cc1. The Morgan fingerprint density at radius 3 is 2.47 bits per heavy atom. The van der Waals surface area contributed by atoms with Gasteiger partial charge in [-0.05, 0) is 50.2 Å². The normalized spacial score (nSPS) is 15.8. The Bertz CT molecular complexity index is 922. The summed E-state index contributed by atoms with van der Waals surface area (Å²) in [6.07, 6.45) is 0.154. The molecule has 0 spiro atoms. The number of anilines is 2. The minimum Gasteiger partial charge on any atom is -0.497 e. The molecule has 1 heterocycles. The fraction of sp³-hybridized carbons (Fsp3) is 0.348. The van der Waals surface area contributed by atoms with Crippen molar-refractivity contribution in [1.82, 2.24) is 4.90 Å². The van der Waals surface area contributed by atoms with Crippen LogP contribution in [-0.2, 0) is 9.59 Å². The standard InChI is InChI=1S/C23H27N3O4/c1-4-25(5-2)23(29)16-9-11-18(12-10-16)24-22(28)17-13-21(27)26(15-17)19-7-6-8-20(14-19)30-3/h6-12,14,17H,4-5,13,15H2,1-3H3,(H,24,28). The molecule has 1 aliphatic rings. The Labute approximate surface area is 176 Å². The third-order valence-electron chi connectivity index (χ3n) is 5.31. The highest BCUT2D eigenvalue weighted by atomic mass is 16.5. The van der Waals surface area contributed by atoms with Crippen LogP contribution in [0.3, 0.4) is 0 Å². The van der Waals surface area contributed by atoms with Gasteiger partial charge in [0, 0.05) is 49.1 Å². The van der Waals surface area contributed by atoms with E-state index >= 15 is 0 Å². The zero-order chi connectivity index (χ0) is 21.7. The van der Waals surface area contributed by atoms with Gasteiger partial charge >= 0.3 is 0 Å². The van der Waals surface area contributed by atoms with Gasteiger partial charge in [0.2, 0.25) is 11.8 Å². The van der Waals surface area contributed by atoms with E-state index in [1.807, 2.05) is 32.0 Å². The predicted molar refractivity (Wildman–Crippen MR) is 116 cm³/mol.